The molecule has 1 aliphatic carbocycles. The molecular formula is C13H10ClNO2. The molecule has 0 radical (unpaired) electrons. The van der Waals surface area contributed by atoms with Gasteiger partial charge in [0.2, 0.25) is 0 Å². The molecule has 0 atom stereocenters. The van der Waals surface area contributed by atoms with Gasteiger partial charge in [-0.1, -0.05) is 29.8 Å². The first-order chi connectivity index (χ1) is 8.16. The maximum atomic E-state index is 11.5. The summed E-state index contributed by atoms with van der Waals surface area (Å²) in [7, 11) is 0. The smallest absolute Gasteiger partial charge is 0.187 e. The predicted octanol–water partition coefficient (Wildman–Crippen LogP) is 3.11. The van der Waals surface area contributed by atoms with Crippen molar-refractivity contribution in [2.45, 2.75) is 0 Å². The van der Waals surface area contributed by atoms with Crippen LogP contribution >= 0.6 is 11.6 Å². The zero-order valence-corrected chi connectivity index (χ0v) is 9.63. The van der Waals surface area contributed by atoms with E-state index < -0.39 is 0 Å². The highest BCUT2D eigenvalue weighted by molar-refractivity contribution is 6.30. The monoisotopic (exact) mass is 247 g/mol. The fourth-order valence-corrected chi connectivity index (χ4v) is 1.60. The Labute approximate surface area is 104 Å². The van der Waals surface area contributed by atoms with E-state index >= 15 is 0 Å². The number of rotatable bonds is 2. The van der Waals surface area contributed by atoms with E-state index in [0.717, 1.165) is 5.06 Å². The third-order valence-corrected chi connectivity index (χ3v) is 2.49. The number of hydroxylamine groups is 1. The first-order valence-corrected chi connectivity index (χ1v) is 5.39. The van der Waals surface area contributed by atoms with E-state index in [4.69, 9.17) is 11.6 Å². The molecule has 0 fully saturated rings. The molecule has 4 heteroatoms. The zero-order chi connectivity index (χ0) is 12.3. The number of hydrogen-bond donors (Lipinski definition) is 1. The van der Waals surface area contributed by atoms with E-state index in [1.165, 1.54) is 12.3 Å². The number of halogens is 1. The summed E-state index contributed by atoms with van der Waals surface area (Å²) in [6, 6.07) is 6.72. The van der Waals surface area contributed by atoms with Gasteiger partial charge >= 0.3 is 0 Å². The third kappa shape index (κ3) is 2.84. The zero-order valence-electron chi connectivity index (χ0n) is 8.88. The molecule has 0 saturated heterocycles. The molecule has 0 bridgehead atoms. The molecular weight excluding hydrogens is 238 g/mol. The van der Waals surface area contributed by atoms with Crippen LogP contribution < -0.4 is 5.06 Å². The Balaban J connectivity index is 2.24. The van der Waals surface area contributed by atoms with Crippen LogP contribution in [0.1, 0.15) is 0 Å². The summed E-state index contributed by atoms with van der Waals surface area (Å²) in [6.07, 6.45) is 7.82. The lowest BCUT2D eigenvalue weighted by molar-refractivity contribution is -0.111. The molecule has 2 rings (SSSR count). The molecule has 0 spiro atoms. The van der Waals surface area contributed by atoms with Gasteiger partial charge in [-0.3, -0.25) is 10.0 Å². The standard InChI is InChI=1S/C13H10ClNO2/c14-11-5-3-6-12(8-11)15(17)9-10-4-1-2-7-13(10)16/h1-9,17H/b10-9-. The molecule has 0 amide bonds. The highest BCUT2D eigenvalue weighted by Crippen LogP contribution is 2.19. The van der Waals surface area contributed by atoms with Gasteiger partial charge in [-0.15, -0.1) is 0 Å². The number of anilines is 1. The Kier molecular flexibility index (Phi) is 3.42. The fourth-order valence-electron chi connectivity index (χ4n) is 1.41. The number of benzene rings is 1. The molecule has 3 nitrogen and oxygen atoms in total. The van der Waals surface area contributed by atoms with Crippen molar-refractivity contribution in [1.29, 1.82) is 0 Å². The van der Waals surface area contributed by atoms with Crippen LogP contribution in [0.15, 0.2) is 60.3 Å². The minimum absolute atomic E-state index is 0.145. The molecule has 0 unspecified atom stereocenters. The highest BCUT2D eigenvalue weighted by Gasteiger charge is 2.08. The maximum absolute atomic E-state index is 11.5. The molecule has 86 valence electrons. The van der Waals surface area contributed by atoms with Crippen molar-refractivity contribution in [3.05, 3.63) is 65.4 Å². The molecule has 1 aliphatic rings. The predicted molar refractivity (Wildman–Crippen MR) is 67.1 cm³/mol. The van der Waals surface area contributed by atoms with E-state index in [2.05, 4.69) is 0 Å². The van der Waals surface area contributed by atoms with Gasteiger partial charge in [0.1, 0.15) is 0 Å². The topological polar surface area (TPSA) is 40.5 Å². The molecule has 1 aromatic rings. The van der Waals surface area contributed by atoms with Gasteiger partial charge in [0.15, 0.2) is 5.78 Å². The Bertz CT molecular complexity index is 532. The SMILES string of the molecule is O=C1C=CC=C/C1=C/N(O)c1cccc(Cl)c1. The van der Waals surface area contributed by atoms with Gasteiger partial charge in [0.05, 0.1) is 5.69 Å². The second-order valence-electron chi connectivity index (χ2n) is 3.49. The molecule has 0 saturated carbocycles. The summed E-state index contributed by atoms with van der Waals surface area (Å²) < 4.78 is 0. The van der Waals surface area contributed by atoms with Crippen LogP contribution in [0.2, 0.25) is 5.02 Å². The summed E-state index contributed by atoms with van der Waals surface area (Å²) in [5.41, 5.74) is 0.913. The van der Waals surface area contributed by atoms with Crippen LogP contribution in [-0.2, 0) is 4.79 Å². The number of carbonyl (C=O) groups excluding carboxylic acids is 1. The van der Waals surface area contributed by atoms with Crippen LogP contribution in [0.3, 0.4) is 0 Å². The average Bonchev–Trinajstić information content (AvgIpc) is 2.32. The summed E-state index contributed by atoms with van der Waals surface area (Å²) in [5.74, 6) is -0.145. The fraction of sp³-hybridized carbons (Fsp3) is 0. The minimum atomic E-state index is -0.145. The van der Waals surface area contributed by atoms with Crippen molar-refractivity contribution < 1.29 is 10.0 Å². The van der Waals surface area contributed by atoms with Crippen LogP contribution in [0, 0.1) is 0 Å². The van der Waals surface area contributed by atoms with Crippen molar-refractivity contribution in [2.75, 3.05) is 5.06 Å². The van der Waals surface area contributed by atoms with Crippen molar-refractivity contribution in [3.63, 3.8) is 0 Å². The summed E-state index contributed by atoms with van der Waals surface area (Å²) in [4.78, 5) is 11.5. The van der Waals surface area contributed by atoms with Crippen LogP contribution in [0.4, 0.5) is 5.69 Å². The first kappa shape index (κ1) is 11.6. The van der Waals surface area contributed by atoms with Crippen molar-refractivity contribution in [2.24, 2.45) is 0 Å². The maximum Gasteiger partial charge on any atom is 0.187 e. The van der Waals surface area contributed by atoms with E-state index in [0.29, 0.717) is 16.3 Å². The van der Waals surface area contributed by atoms with Gasteiger partial charge in [0.25, 0.3) is 0 Å². The van der Waals surface area contributed by atoms with E-state index in [1.807, 2.05) is 0 Å². The lowest BCUT2D eigenvalue weighted by atomic mass is 10.1. The molecule has 1 aromatic carbocycles. The molecule has 1 N–H and O–H groups in total. The van der Waals surface area contributed by atoms with Crippen molar-refractivity contribution in [1.82, 2.24) is 0 Å². The van der Waals surface area contributed by atoms with Gasteiger partial charge in [-0.2, -0.15) is 0 Å². The number of allylic oxidation sites excluding steroid dienone is 5. The number of carbonyl (C=O) groups is 1. The lowest BCUT2D eigenvalue weighted by Gasteiger charge is -2.13. The van der Waals surface area contributed by atoms with Crippen LogP contribution in [0.25, 0.3) is 0 Å². The van der Waals surface area contributed by atoms with Gasteiger partial charge < -0.3 is 0 Å². The van der Waals surface area contributed by atoms with E-state index in [9.17, 15) is 10.0 Å². The van der Waals surface area contributed by atoms with E-state index in [-0.39, 0.29) is 5.78 Å². The highest BCUT2D eigenvalue weighted by atomic mass is 35.5. The summed E-state index contributed by atoms with van der Waals surface area (Å²) >= 11 is 5.81. The van der Waals surface area contributed by atoms with Crippen LogP contribution in [0.5, 0.6) is 0 Å². The van der Waals surface area contributed by atoms with Gasteiger partial charge in [0, 0.05) is 16.8 Å². The largest absolute Gasteiger partial charge is 0.289 e. The third-order valence-electron chi connectivity index (χ3n) is 2.25. The summed E-state index contributed by atoms with van der Waals surface area (Å²) in [6.45, 7) is 0. The molecule has 0 aromatic heterocycles. The normalized spacial score (nSPS) is 16.6. The number of ketones is 1. The van der Waals surface area contributed by atoms with Crippen molar-refractivity contribution in [3.8, 4) is 0 Å². The molecule has 0 aliphatic heterocycles. The quantitative estimate of drug-likeness (QED) is 0.645. The second kappa shape index (κ2) is 4.99. The molecule has 17 heavy (non-hydrogen) atoms. The van der Waals surface area contributed by atoms with Gasteiger partial charge in [-0.25, -0.2) is 5.06 Å². The first-order valence-electron chi connectivity index (χ1n) is 5.01. The molecule has 0 heterocycles. The summed E-state index contributed by atoms with van der Waals surface area (Å²) in [5, 5.41) is 11.2. The second-order valence-corrected chi connectivity index (χ2v) is 3.93. The van der Waals surface area contributed by atoms with E-state index in [1.54, 1.807) is 42.5 Å². The number of nitrogens with zero attached hydrogens (tertiary/aromatic N) is 1. The van der Waals surface area contributed by atoms with Gasteiger partial charge in [-0.05, 0) is 30.4 Å². The Morgan fingerprint density at radius 2 is 2.00 bits per heavy atom. The van der Waals surface area contributed by atoms with Crippen molar-refractivity contribution >= 4 is 23.1 Å². The minimum Gasteiger partial charge on any atom is -0.289 e. The number of hydrogen-bond acceptors (Lipinski definition) is 3. The lowest BCUT2D eigenvalue weighted by Crippen LogP contribution is -2.12. The Morgan fingerprint density at radius 3 is 2.71 bits per heavy atom. The van der Waals surface area contributed by atoms with Crippen LogP contribution in [-0.4, -0.2) is 11.0 Å². The average molecular weight is 248 g/mol. The Morgan fingerprint density at radius 1 is 1.24 bits per heavy atom. The Hall–Kier alpha value is -1.84.